The molecule has 0 N–H and O–H groups in total. The zero-order valence-corrected chi connectivity index (χ0v) is 15.2. The van der Waals surface area contributed by atoms with Gasteiger partial charge in [0.1, 0.15) is 5.76 Å². The third-order valence-corrected chi connectivity index (χ3v) is 4.67. The fourth-order valence-electron chi connectivity index (χ4n) is 3.21. The van der Waals surface area contributed by atoms with Gasteiger partial charge in [0.05, 0.1) is 20.3 Å². The van der Waals surface area contributed by atoms with Gasteiger partial charge in [0.2, 0.25) is 0 Å². The van der Waals surface area contributed by atoms with Crippen LogP contribution in [0.25, 0.3) is 17.0 Å². The summed E-state index contributed by atoms with van der Waals surface area (Å²) < 4.78 is 16.5. The van der Waals surface area contributed by atoms with Gasteiger partial charge in [-0.3, -0.25) is 4.79 Å². The van der Waals surface area contributed by atoms with E-state index in [4.69, 9.17) is 13.9 Å². The first-order chi connectivity index (χ1) is 13.2. The van der Waals surface area contributed by atoms with E-state index >= 15 is 0 Å². The fraction of sp³-hybridized carbons (Fsp3) is 0.227. The summed E-state index contributed by atoms with van der Waals surface area (Å²) in [5.41, 5.74) is 2.45. The summed E-state index contributed by atoms with van der Waals surface area (Å²) in [4.78, 5) is 14.7. The SMILES string of the molecule is COc1cccc2cc(/C=C/C(=O)c3ccc(N4CCOCC4)cc3)oc12. The molecular weight excluding hydrogens is 342 g/mol. The molecule has 0 radical (unpaired) electrons. The van der Waals surface area contributed by atoms with E-state index in [1.54, 1.807) is 13.2 Å². The van der Waals surface area contributed by atoms with Crippen molar-refractivity contribution in [1.82, 2.24) is 0 Å². The minimum atomic E-state index is -0.0593. The monoisotopic (exact) mass is 363 g/mol. The van der Waals surface area contributed by atoms with Crippen molar-refractivity contribution in [2.24, 2.45) is 0 Å². The highest BCUT2D eigenvalue weighted by Gasteiger charge is 2.12. The van der Waals surface area contributed by atoms with Gasteiger partial charge in [-0.25, -0.2) is 0 Å². The van der Waals surface area contributed by atoms with E-state index in [2.05, 4.69) is 4.90 Å². The number of carbonyl (C=O) groups excluding carboxylic acids is 1. The predicted octanol–water partition coefficient (Wildman–Crippen LogP) is 4.17. The molecule has 1 aromatic heterocycles. The topological polar surface area (TPSA) is 51.9 Å². The molecule has 4 rings (SSSR count). The molecule has 2 heterocycles. The van der Waals surface area contributed by atoms with E-state index in [-0.39, 0.29) is 5.78 Å². The Kier molecular flexibility index (Phi) is 4.94. The zero-order chi connectivity index (χ0) is 18.6. The molecule has 1 saturated heterocycles. The Labute approximate surface area is 157 Å². The minimum absolute atomic E-state index is 0.0593. The number of hydrogen-bond donors (Lipinski definition) is 0. The van der Waals surface area contributed by atoms with E-state index in [1.165, 1.54) is 6.08 Å². The maximum absolute atomic E-state index is 12.5. The number of furan rings is 1. The van der Waals surface area contributed by atoms with Crippen LogP contribution in [0.15, 0.2) is 59.0 Å². The number of hydrogen-bond acceptors (Lipinski definition) is 5. The van der Waals surface area contributed by atoms with E-state index in [1.807, 2.05) is 48.5 Å². The number of carbonyl (C=O) groups is 1. The molecule has 1 aliphatic heterocycles. The van der Waals surface area contributed by atoms with Crippen molar-refractivity contribution in [3.63, 3.8) is 0 Å². The maximum atomic E-state index is 12.5. The average molecular weight is 363 g/mol. The molecule has 0 atom stereocenters. The summed E-state index contributed by atoms with van der Waals surface area (Å²) in [7, 11) is 1.61. The Morgan fingerprint density at radius 3 is 2.63 bits per heavy atom. The second kappa shape index (κ2) is 7.68. The van der Waals surface area contributed by atoms with E-state index < -0.39 is 0 Å². The van der Waals surface area contributed by atoms with Crippen molar-refractivity contribution in [2.45, 2.75) is 0 Å². The lowest BCUT2D eigenvalue weighted by atomic mass is 10.1. The molecular formula is C22H21NO4. The van der Waals surface area contributed by atoms with Crippen LogP contribution in [0.4, 0.5) is 5.69 Å². The molecule has 3 aromatic rings. The molecule has 27 heavy (non-hydrogen) atoms. The first-order valence-corrected chi connectivity index (χ1v) is 8.96. The Morgan fingerprint density at radius 2 is 1.89 bits per heavy atom. The van der Waals surface area contributed by atoms with Crippen LogP contribution in [-0.2, 0) is 4.74 Å². The lowest BCUT2D eigenvalue weighted by Crippen LogP contribution is -2.36. The van der Waals surface area contributed by atoms with Crippen molar-refractivity contribution in [3.05, 3.63) is 65.9 Å². The Hall–Kier alpha value is -3.05. The Morgan fingerprint density at radius 1 is 1.11 bits per heavy atom. The number of anilines is 1. The predicted molar refractivity (Wildman–Crippen MR) is 106 cm³/mol. The number of ketones is 1. The lowest BCUT2D eigenvalue weighted by molar-refractivity contribution is 0.104. The van der Waals surface area contributed by atoms with Gasteiger partial charge in [-0.05, 0) is 48.6 Å². The van der Waals surface area contributed by atoms with Gasteiger partial charge in [0.25, 0.3) is 0 Å². The van der Waals surface area contributed by atoms with E-state index in [0.29, 0.717) is 22.7 Å². The minimum Gasteiger partial charge on any atom is -0.493 e. The molecule has 0 spiro atoms. The van der Waals surface area contributed by atoms with E-state index in [0.717, 1.165) is 37.4 Å². The highest BCUT2D eigenvalue weighted by molar-refractivity contribution is 6.07. The standard InChI is InChI=1S/C22H21NO4/c1-25-21-4-2-3-17-15-19(27-22(17)21)9-10-20(24)16-5-7-18(8-6-16)23-11-13-26-14-12-23/h2-10,15H,11-14H2,1H3/b10-9+. The van der Waals surface area contributed by atoms with Crippen molar-refractivity contribution < 1.29 is 18.7 Å². The van der Waals surface area contributed by atoms with Gasteiger partial charge in [-0.15, -0.1) is 0 Å². The molecule has 0 aliphatic carbocycles. The van der Waals surface area contributed by atoms with Crippen molar-refractivity contribution in [2.75, 3.05) is 38.3 Å². The quantitative estimate of drug-likeness (QED) is 0.503. The smallest absolute Gasteiger partial charge is 0.185 e. The highest BCUT2D eigenvalue weighted by atomic mass is 16.5. The first kappa shape index (κ1) is 17.4. The number of nitrogens with zero attached hydrogens (tertiary/aromatic N) is 1. The number of benzene rings is 2. The third-order valence-electron chi connectivity index (χ3n) is 4.67. The molecule has 5 heteroatoms. The van der Waals surface area contributed by atoms with Crippen LogP contribution in [0, 0.1) is 0 Å². The normalized spacial score (nSPS) is 14.8. The molecule has 138 valence electrons. The largest absolute Gasteiger partial charge is 0.493 e. The Bertz CT molecular complexity index is 966. The number of morpholine rings is 1. The zero-order valence-electron chi connectivity index (χ0n) is 15.2. The number of methoxy groups -OCH3 is 1. The van der Waals surface area contributed by atoms with Crippen LogP contribution in [0.1, 0.15) is 16.1 Å². The van der Waals surface area contributed by atoms with Crippen molar-refractivity contribution >= 4 is 28.5 Å². The van der Waals surface area contributed by atoms with Crippen LogP contribution in [0.2, 0.25) is 0 Å². The van der Waals surface area contributed by atoms with E-state index in [9.17, 15) is 4.79 Å². The summed E-state index contributed by atoms with van der Waals surface area (Å²) in [6, 6.07) is 15.3. The molecule has 0 saturated carbocycles. The van der Waals surface area contributed by atoms with Gasteiger partial charge in [0.15, 0.2) is 17.1 Å². The molecule has 1 aliphatic rings. The van der Waals surface area contributed by atoms with Gasteiger partial charge >= 0.3 is 0 Å². The fourth-order valence-corrected chi connectivity index (χ4v) is 3.21. The summed E-state index contributed by atoms with van der Waals surface area (Å²) >= 11 is 0. The van der Waals surface area contributed by atoms with Crippen molar-refractivity contribution in [1.29, 1.82) is 0 Å². The molecule has 5 nitrogen and oxygen atoms in total. The van der Waals surface area contributed by atoms with Crippen LogP contribution in [0.5, 0.6) is 5.75 Å². The number of ether oxygens (including phenoxy) is 2. The van der Waals surface area contributed by atoms with Crippen LogP contribution in [-0.4, -0.2) is 39.2 Å². The summed E-state index contributed by atoms with van der Waals surface area (Å²) in [6.45, 7) is 3.24. The lowest BCUT2D eigenvalue weighted by Gasteiger charge is -2.28. The third kappa shape index (κ3) is 3.73. The van der Waals surface area contributed by atoms with Crippen LogP contribution >= 0.6 is 0 Å². The summed E-state index contributed by atoms with van der Waals surface area (Å²) in [5, 5.41) is 0.941. The number of allylic oxidation sites excluding steroid dienone is 1. The van der Waals surface area contributed by atoms with Gasteiger partial charge in [0, 0.05) is 29.7 Å². The van der Waals surface area contributed by atoms with Gasteiger partial charge in [-0.1, -0.05) is 12.1 Å². The van der Waals surface area contributed by atoms with Gasteiger partial charge < -0.3 is 18.8 Å². The number of rotatable bonds is 5. The molecule has 0 unspecified atom stereocenters. The van der Waals surface area contributed by atoms with Gasteiger partial charge in [-0.2, -0.15) is 0 Å². The average Bonchev–Trinajstić information content (AvgIpc) is 3.16. The molecule has 1 fully saturated rings. The van der Waals surface area contributed by atoms with Crippen LogP contribution < -0.4 is 9.64 Å². The summed E-state index contributed by atoms with van der Waals surface area (Å²) in [5.74, 6) is 1.24. The summed E-state index contributed by atoms with van der Waals surface area (Å²) in [6.07, 6.45) is 3.23. The Balaban J connectivity index is 1.48. The molecule has 2 aromatic carbocycles. The highest BCUT2D eigenvalue weighted by Crippen LogP contribution is 2.29. The maximum Gasteiger partial charge on any atom is 0.185 e. The second-order valence-corrected chi connectivity index (χ2v) is 6.37. The number of fused-ring (bicyclic) bond motifs is 1. The van der Waals surface area contributed by atoms with Crippen LogP contribution in [0.3, 0.4) is 0 Å². The number of para-hydroxylation sites is 1. The molecule has 0 amide bonds. The van der Waals surface area contributed by atoms with Crippen molar-refractivity contribution in [3.8, 4) is 5.75 Å². The second-order valence-electron chi connectivity index (χ2n) is 6.37. The molecule has 0 bridgehead atoms. The first-order valence-electron chi connectivity index (χ1n) is 8.96.